The molecule has 2 aromatic heterocycles. The number of hydrogen-bond acceptors (Lipinski definition) is 3. The third-order valence-electron chi connectivity index (χ3n) is 4.44. The Morgan fingerprint density at radius 1 is 1.00 bits per heavy atom. The van der Waals surface area contributed by atoms with Crippen LogP contribution in [-0.4, -0.2) is 9.13 Å². The van der Waals surface area contributed by atoms with Crippen LogP contribution in [0.4, 0.5) is 8.78 Å². The van der Waals surface area contributed by atoms with Gasteiger partial charge in [0.2, 0.25) is 0 Å². The third-order valence-corrected chi connectivity index (χ3v) is 5.33. The molecule has 2 aromatic carbocycles. The summed E-state index contributed by atoms with van der Waals surface area (Å²) >= 11 is 1.24. The largest absolute Gasteiger partial charge is 0.336 e. The first kappa shape index (κ1) is 17.4. The van der Waals surface area contributed by atoms with Crippen molar-refractivity contribution in [2.75, 3.05) is 0 Å². The van der Waals surface area contributed by atoms with E-state index in [2.05, 4.69) is 0 Å². The Balaban J connectivity index is 1.99. The third kappa shape index (κ3) is 2.90. The highest BCUT2D eigenvalue weighted by atomic mass is 32.1. The number of hydrogen-bond donors (Lipinski definition) is 0. The lowest BCUT2D eigenvalue weighted by Crippen LogP contribution is -2.39. The summed E-state index contributed by atoms with van der Waals surface area (Å²) in [6, 6.07) is 12.3. The van der Waals surface area contributed by atoms with E-state index in [1.807, 2.05) is 19.1 Å². The summed E-state index contributed by atoms with van der Waals surface area (Å²) in [5.41, 5.74) is 1.28. The van der Waals surface area contributed by atoms with Gasteiger partial charge in [0.1, 0.15) is 4.70 Å². The molecule has 0 N–H and O–H groups in total. The summed E-state index contributed by atoms with van der Waals surface area (Å²) in [6.07, 6.45) is 0. The maximum absolute atomic E-state index is 13.6. The van der Waals surface area contributed by atoms with Crippen molar-refractivity contribution in [3.63, 3.8) is 0 Å². The van der Waals surface area contributed by atoms with E-state index in [0.29, 0.717) is 21.5 Å². The standard InChI is InChI=1S/C20H14F2N2O2S/c1-12-4-2-3-5-16(12)24-19(25)18-17(8-9-27-18)23(20(24)26)11-13-6-7-14(21)15(22)10-13/h2-10H,11H2,1H3. The van der Waals surface area contributed by atoms with Crippen LogP contribution in [0.3, 0.4) is 0 Å². The van der Waals surface area contributed by atoms with Gasteiger partial charge in [-0.2, -0.15) is 0 Å². The summed E-state index contributed by atoms with van der Waals surface area (Å²) < 4.78 is 29.8. The Morgan fingerprint density at radius 2 is 1.78 bits per heavy atom. The Morgan fingerprint density at radius 3 is 2.52 bits per heavy atom. The molecule has 0 radical (unpaired) electrons. The van der Waals surface area contributed by atoms with Gasteiger partial charge < -0.3 is 0 Å². The van der Waals surface area contributed by atoms with E-state index >= 15 is 0 Å². The lowest BCUT2D eigenvalue weighted by atomic mass is 10.2. The van der Waals surface area contributed by atoms with Crippen molar-refractivity contribution in [2.24, 2.45) is 0 Å². The molecule has 136 valence electrons. The van der Waals surface area contributed by atoms with Gasteiger partial charge in [0.05, 0.1) is 17.7 Å². The number of benzene rings is 2. The number of fused-ring (bicyclic) bond motifs is 1. The summed E-state index contributed by atoms with van der Waals surface area (Å²) in [5.74, 6) is -1.93. The molecule has 0 atom stereocenters. The SMILES string of the molecule is Cc1ccccc1-n1c(=O)c2sccc2n(Cc2ccc(F)c(F)c2)c1=O. The highest BCUT2D eigenvalue weighted by Gasteiger charge is 2.17. The van der Waals surface area contributed by atoms with Gasteiger partial charge in [-0.3, -0.25) is 9.36 Å². The average Bonchev–Trinajstić information content (AvgIpc) is 3.13. The second-order valence-electron chi connectivity index (χ2n) is 6.18. The van der Waals surface area contributed by atoms with Crippen molar-refractivity contribution in [3.05, 3.63) is 97.5 Å². The molecule has 0 aliphatic rings. The number of rotatable bonds is 3. The Labute approximate surface area is 156 Å². The normalized spacial score (nSPS) is 11.2. The molecule has 0 aliphatic carbocycles. The first-order valence-corrected chi connectivity index (χ1v) is 9.08. The smallest absolute Gasteiger partial charge is 0.288 e. The molecule has 0 unspecified atom stereocenters. The fourth-order valence-electron chi connectivity index (χ4n) is 3.09. The van der Waals surface area contributed by atoms with Crippen molar-refractivity contribution in [2.45, 2.75) is 13.5 Å². The van der Waals surface area contributed by atoms with E-state index in [0.717, 1.165) is 22.3 Å². The number of para-hydroxylation sites is 1. The Kier molecular flexibility index (Phi) is 4.24. The van der Waals surface area contributed by atoms with E-state index in [4.69, 9.17) is 0 Å². The van der Waals surface area contributed by atoms with Crippen LogP contribution in [0.15, 0.2) is 63.5 Å². The van der Waals surface area contributed by atoms with Crippen LogP contribution in [0.1, 0.15) is 11.1 Å². The Hall–Kier alpha value is -3.06. The minimum absolute atomic E-state index is 0.0232. The molecular weight excluding hydrogens is 370 g/mol. The Bertz CT molecular complexity index is 1290. The molecule has 27 heavy (non-hydrogen) atoms. The zero-order valence-electron chi connectivity index (χ0n) is 14.3. The van der Waals surface area contributed by atoms with Crippen LogP contribution in [0, 0.1) is 18.6 Å². The number of aryl methyl sites for hydroxylation is 1. The molecule has 4 rings (SSSR count). The predicted molar refractivity (Wildman–Crippen MR) is 102 cm³/mol. The molecule has 0 spiro atoms. The van der Waals surface area contributed by atoms with Crippen LogP contribution >= 0.6 is 11.3 Å². The predicted octanol–water partition coefficient (Wildman–Crippen LogP) is 3.85. The molecular formula is C20H14F2N2O2S. The van der Waals surface area contributed by atoms with Crippen molar-refractivity contribution in [3.8, 4) is 5.69 Å². The van der Waals surface area contributed by atoms with Crippen molar-refractivity contribution in [1.29, 1.82) is 0 Å². The van der Waals surface area contributed by atoms with E-state index in [9.17, 15) is 18.4 Å². The molecule has 0 amide bonds. The highest BCUT2D eigenvalue weighted by molar-refractivity contribution is 7.17. The second-order valence-corrected chi connectivity index (χ2v) is 7.10. The molecule has 0 fully saturated rings. The van der Waals surface area contributed by atoms with Crippen molar-refractivity contribution in [1.82, 2.24) is 9.13 Å². The van der Waals surface area contributed by atoms with E-state index in [1.54, 1.807) is 23.6 Å². The minimum Gasteiger partial charge on any atom is -0.288 e. The number of nitrogens with zero attached hydrogens (tertiary/aromatic N) is 2. The van der Waals surface area contributed by atoms with Crippen LogP contribution in [-0.2, 0) is 6.54 Å². The fourth-order valence-corrected chi connectivity index (χ4v) is 3.91. The zero-order valence-corrected chi connectivity index (χ0v) is 15.1. The lowest BCUT2D eigenvalue weighted by molar-refractivity contribution is 0.506. The molecule has 0 saturated heterocycles. The van der Waals surface area contributed by atoms with Gasteiger partial charge in [0.25, 0.3) is 5.56 Å². The van der Waals surface area contributed by atoms with Gasteiger partial charge in [0.15, 0.2) is 11.6 Å². The van der Waals surface area contributed by atoms with Crippen molar-refractivity contribution < 1.29 is 8.78 Å². The highest BCUT2D eigenvalue weighted by Crippen LogP contribution is 2.19. The van der Waals surface area contributed by atoms with E-state index < -0.39 is 17.3 Å². The molecule has 4 aromatic rings. The maximum Gasteiger partial charge on any atom is 0.336 e. The van der Waals surface area contributed by atoms with Crippen LogP contribution in [0.5, 0.6) is 0 Å². The fraction of sp³-hybridized carbons (Fsp3) is 0.100. The van der Waals surface area contributed by atoms with E-state index in [1.165, 1.54) is 22.0 Å². The van der Waals surface area contributed by atoms with Crippen LogP contribution in [0.25, 0.3) is 15.9 Å². The maximum atomic E-state index is 13.6. The number of aromatic nitrogens is 2. The minimum atomic E-state index is -0.977. The van der Waals surface area contributed by atoms with E-state index in [-0.39, 0.29) is 12.1 Å². The summed E-state index contributed by atoms with van der Waals surface area (Å²) in [5, 5.41) is 1.73. The lowest BCUT2D eigenvalue weighted by Gasteiger charge is -2.14. The molecule has 2 heterocycles. The van der Waals surface area contributed by atoms with Gasteiger partial charge >= 0.3 is 5.69 Å². The average molecular weight is 384 g/mol. The summed E-state index contributed by atoms with van der Waals surface area (Å²) in [7, 11) is 0. The monoisotopic (exact) mass is 384 g/mol. The number of thiophene rings is 1. The number of halogens is 2. The molecule has 0 aliphatic heterocycles. The van der Waals surface area contributed by atoms with Crippen LogP contribution < -0.4 is 11.2 Å². The molecule has 7 heteroatoms. The van der Waals surface area contributed by atoms with Crippen LogP contribution in [0.2, 0.25) is 0 Å². The summed E-state index contributed by atoms with van der Waals surface area (Å²) in [6.45, 7) is 1.84. The first-order chi connectivity index (χ1) is 13.0. The zero-order chi connectivity index (χ0) is 19.1. The van der Waals surface area contributed by atoms with Gasteiger partial charge in [-0.05, 0) is 47.7 Å². The van der Waals surface area contributed by atoms with Gasteiger partial charge in [-0.1, -0.05) is 24.3 Å². The molecule has 0 saturated carbocycles. The first-order valence-electron chi connectivity index (χ1n) is 8.20. The quantitative estimate of drug-likeness (QED) is 0.539. The topological polar surface area (TPSA) is 44.0 Å². The second kappa shape index (κ2) is 6.59. The molecule has 4 nitrogen and oxygen atoms in total. The van der Waals surface area contributed by atoms with Gasteiger partial charge in [0, 0.05) is 0 Å². The van der Waals surface area contributed by atoms with Gasteiger partial charge in [-0.25, -0.2) is 18.1 Å². The molecule has 0 bridgehead atoms. The van der Waals surface area contributed by atoms with Gasteiger partial charge in [-0.15, -0.1) is 11.3 Å². The van der Waals surface area contributed by atoms with Crippen molar-refractivity contribution >= 4 is 21.6 Å². The summed E-state index contributed by atoms with van der Waals surface area (Å²) in [4.78, 5) is 26.1.